The van der Waals surface area contributed by atoms with E-state index in [4.69, 9.17) is 4.42 Å². The highest BCUT2D eigenvalue weighted by atomic mass is 79.9. The Balaban J connectivity index is 1.82. The van der Waals surface area contributed by atoms with Crippen LogP contribution >= 0.6 is 15.9 Å². The van der Waals surface area contributed by atoms with Gasteiger partial charge in [-0.15, -0.1) is 10.2 Å². The van der Waals surface area contributed by atoms with Crippen LogP contribution in [-0.4, -0.2) is 16.8 Å². The molecular formula is C15H9BrF2N2O2. The molecule has 0 aliphatic heterocycles. The van der Waals surface area contributed by atoms with E-state index in [0.29, 0.717) is 17.3 Å². The lowest BCUT2D eigenvalue weighted by Gasteiger charge is -2.03. The van der Waals surface area contributed by atoms with E-state index >= 15 is 0 Å². The van der Waals surface area contributed by atoms with Crippen LogP contribution in [0.4, 0.5) is 8.78 Å². The number of nitrogens with zero attached hydrogens (tertiary/aromatic N) is 2. The number of ether oxygens (including phenoxy) is 1. The van der Waals surface area contributed by atoms with E-state index in [0.717, 1.165) is 10.0 Å². The summed E-state index contributed by atoms with van der Waals surface area (Å²) in [6.07, 6.45) is 0. The van der Waals surface area contributed by atoms with Gasteiger partial charge in [-0.3, -0.25) is 0 Å². The lowest BCUT2D eigenvalue weighted by molar-refractivity contribution is -0.0498. The maximum atomic E-state index is 12.1. The monoisotopic (exact) mass is 366 g/mol. The number of alkyl halides is 2. The van der Waals surface area contributed by atoms with Gasteiger partial charge in [0.05, 0.1) is 0 Å². The zero-order chi connectivity index (χ0) is 15.5. The Morgan fingerprint density at radius 3 is 1.86 bits per heavy atom. The van der Waals surface area contributed by atoms with Crippen LogP contribution in [-0.2, 0) is 0 Å². The highest BCUT2D eigenvalue weighted by Gasteiger charge is 2.11. The quantitative estimate of drug-likeness (QED) is 0.667. The largest absolute Gasteiger partial charge is 0.435 e. The minimum Gasteiger partial charge on any atom is -0.435 e. The topological polar surface area (TPSA) is 48.2 Å². The molecule has 7 heteroatoms. The van der Waals surface area contributed by atoms with Crippen molar-refractivity contribution in [3.8, 4) is 28.7 Å². The molecule has 0 bridgehead atoms. The molecule has 0 N–H and O–H groups in total. The van der Waals surface area contributed by atoms with Crippen molar-refractivity contribution in [2.75, 3.05) is 0 Å². The van der Waals surface area contributed by atoms with Crippen molar-refractivity contribution in [2.24, 2.45) is 0 Å². The molecule has 0 spiro atoms. The van der Waals surface area contributed by atoms with Gasteiger partial charge in [-0.25, -0.2) is 0 Å². The van der Waals surface area contributed by atoms with Crippen molar-refractivity contribution < 1.29 is 17.9 Å². The molecule has 2 aromatic carbocycles. The zero-order valence-corrected chi connectivity index (χ0v) is 12.6. The zero-order valence-electron chi connectivity index (χ0n) is 11.0. The summed E-state index contributed by atoms with van der Waals surface area (Å²) in [5, 5.41) is 7.94. The first-order chi connectivity index (χ1) is 10.6. The molecule has 0 aliphatic rings. The van der Waals surface area contributed by atoms with E-state index in [1.807, 2.05) is 24.3 Å². The fourth-order valence-corrected chi connectivity index (χ4v) is 2.09. The predicted molar refractivity (Wildman–Crippen MR) is 79.5 cm³/mol. The third-order valence-electron chi connectivity index (χ3n) is 2.84. The van der Waals surface area contributed by atoms with Gasteiger partial charge in [0.2, 0.25) is 11.8 Å². The third-order valence-corrected chi connectivity index (χ3v) is 3.37. The molecule has 0 atom stereocenters. The molecular weight excluding hydrogens is 358 g/mol. The normalized spacial score (nSPS) is 10.9. The molecule has 0 amide bonds. The molecule has 112 valence electrons. The highest BCUT2D eigenvalue weighted by Crippen LogP contribution is 2.26. The van der Waals surface area contributed by atoms with Crippen LogP contribution in [0.1, 0.15) is 0 Å². The summed E-state index contributed by atoms with van der Waals surface area (Å²) in [6, 6.07) is 13.4. The smallest absolute Gasteiger partial charge is 0.387 e. The number of benzene rings is 2. The van der Waals surface area contributed by atoms with Gasteiger partial charge in [0.25, 0.3) is 0 Å². The van der Waals surface area contributed by atoms with E-state index < -0.39 is 6.61 Å². The second kappa shape index (κ2) is 6.23. The van der Waals surface area contributed by atoms with Crippen LogP contribution in [0.5, 0.6) is 5.75 Å². The highest BCUT2D eigenvalue weighted by molar-refractivity contribution is 9.10. The SMILES string of the molecule is FC(F)Oc1ccc(-c2nnc(-c3ccc(Br)cc3)o2)cc1. The first-order valence-corrected chi connectivity index (χ1v) is 7.06. The summed E-state index contributed by atoms with van der Waals surface area (Å²) < 4.78 is 35.0. The van der Waals surface area contributed by atoms with Crippen LogP contribution in [0.25, 0.3) is 22.9 Å². The predicted octanol–water partition coefficient (Wildman–Crippen LogP) is 4.77. The van der Waals surface area contributed by atoms with Crippen LogP contribution in [0.15, 0.2) is 57.4 Å². The Labute approximate surface area is 132 Å². The fraction of sp³-hybridized carbons (Fsp3) is 0.0667. The summed E-state index contributed by atoms with van der Waals surface area (Å²) in [7, 11) is 0. The van der Waals surface area contributed by atoms with Crippen molar-refractivity contribution >= 4 is 15.9 Å². The molecule has 1 aromatic heterocycles. The van der Waals surface area contributed by atoms with Crippen LogP contribution in [0, 0.1) is 0 Å². The Bertz CT molecular complexity index is 758. The van der Waals surface area contributed by atoms with Gasteiger partial charge in [-0.05, 0) is 48.5 Å². The van der Waals surface area contributed by atoms with Crippen LogP contribution < -0.4 is 4.74 Å². The Hall–Kier alpha value is -2.28. The van der Waals surface area contributed by atoms with Gasteiger partial charge < -0.3 is 9.15 Å². The van der Waals surface area contributed by atoms with E-state index in [1.165, 1.54) is 12.1 Å². The first kappa shape index (κ1) is 14.6. The summed E-state index contributed by atoms with van der Waals surface area (Å²) in [5.41, 5.74) is 1.41. The summed E-state index contributed by atoms with van der Waals surface area (Å²) in [6.45, 7) is -2.85. The number of halogens is 3. The van der Waals surface area contributed by atoms with Crippen molar-refractivity contribution in [1.82, 2.24) is 10.2 Å². The molecule has 0 radical (unpaired) electrons. The maximum Gasteiger partial charge on any atom is 0.387 e. The summed E-state index contributed by atoms with van der Waals surface area (Å²) >= 11 is 3.35. The minimum atomic E-state index is -2.85. The van der Waals surface area contributed by atoms with E-state index in [9.17, 15) is 8.78 Å². The Morgan fingerprint density at radius 1 is 0.864 bits per heavy atom. The standard InChI is InChI=1S/C15H9BrF2N2O2/c16-11-5-1-9(2-6-11)13-19-20-14(22-13)10-3-7-12(8-4-10)21-15(17)18/h1-8,15H. The van der Waals surface area contributed by atoms with Gasteiger partial charge in [0, 0.05) is 15.6 Å². The summed E-state index contributed by atoms with van der Waals surface area (Å²) in [5.74, 6) is 0.767. The van der Waals surface area contributed by atoms with Crippen LogP contribution in [0.2, 0.25) is 0 Å². The fourth-order valence-electron chi connectivity index (χ4n) is 1.83. The second-order valence-electron chi connectivity index (χ2n) is 4.32. The van der Waals surface area contributed by atoms with Gasteiger partial charge in [0.1, 0.15) is 5.75 Å². The molecule has 3 aromatic rings. The molecule has 1 heterocycles. The Kier molecular flexibility index (Phi) is 4.15. The van der Waals surface area contributed by atoms with Crippen molar-refractivity contribution in [2.45, 2.75) is 6.61 Å². The van der Waals surface area contributed by atoms with Gasteiger partial charge in [-0.1, -0.05) is 15.9 Å². The number of hydrogen-bond donors (Lipinski definition) is 0. The van der Waals surface area contributed by atoms with E-state index in [1.54, 1.807) is 12.1 Å². The van der Waals surface area contributed by atoms with E-state index in [2.05, 4.69) is 30.9 Å². The molecule has 3 rings (SSSR count). The molecule has 22 heavy (non-hydrogen) atoms. The van der Waals surface area contributed by atoms with Gasteiger partial charge in [-0.2, -0.15) is 8.78 Å². The lowest BCUT2D eigenvalue weighted by Crippen LogP contribution is -2.01. The Morgan fingerprint density at radius 2 is 1.36 bits per heavy atom. The molecule has 0 aliphatic carbocycles. The number of aromatic nitrogens is 2. The van der Waals surface area contributed by atoms with Crippen LogP contribution in [0.3, 0.4) is 0 Å². The minimum absolute atomic E-state index is 0.0754. The molecule has 0 saturated carbocycles. The van der Waals surface area contributed by atoms with Crippen molar-refractivity contribution in [3.05, 3.63) is 53.0 Å². The van der Waals surface area contributed by atoms with Crippen molar-refractivity contribution in [3.63, 3.8) is 0 Å². The van der Waals surface area contributed by atoms with E-state index in [-0.39, 0.29) is 5.75 Å². The lowest BCUT2D eigenvalue weighted by atomic mass is 10.2. The molecule has 0 unspecified atom stereocenters. The maximum absolute atomic E-state index is 12.1. The molecule has 4 nitrogen and oxygen atoms in total. The average molecular weight is 367 g/mol. The third kappa shape index (κ3) is 3.30. The number of rotatable bonds is 4. The van der Waals surface area contributed by atoms with Crippen molar-refractivity contribution in [1.29, 1.82) is 0 Å². The van der Waals surface area contributed by atoms with Gasteiger partial charge >= 0.3 is 6.61 Å². The average Bonchev–Trinajstić information content (AvgIpc) is 2.98. The summed E-state index contributed by atoms with van der Waals surface area (Å²) in [4.78, 5) is 0. The number of hydrogen-bond acceptors (Lipinski definition) is 4. The second-order valence-corrected chi connectivity index (χ2v) is 5.24. The molecule has 0 saturated heterocycles. The molecule has 0 fully saturated rings. The first-order valence-electron chi connectivity index (χ1n) is 6.26. The van der Waals surface area contributed by atoms with Gasteiger partial charge in [0.15, 0.2) is 0 Å².